The molecule has 0 N–H and O–H groups in total. The predicted octanol–water partition coefficient (Wildman–Crippen LogP) is 2.26. The van der Waals surface area contributed by atoms with Gasteiger partial charge in [-0.2, -0.15) is 0 Å². The molecular formula is C12H12O3S. The number of carbonyl (C=O) groups is 2. The highest BCUT2D eigenvalue weighted by Gasteiger charge is 2.02. The lowest BCUT2D eigenvalue weighted by atomic mass is 10.2. The molecule has 0 saturated carbocycles. The van der Waals surface area contributed by atoms with Crippen LogP contribution < -0.4 is 0 Å². The van der Waals surface area contributed by atoms with Crippen molar-refractivity contribution in [3.8, 4) is 11.8 Å². The molecule has 1 aromatic heterocycles. The fourth-order valence-electron chi connectivity index (χ4n) is 1.02. The molecule has 0 aliphatic heterocycles. The molecule has 0 radical (unpaired) electrons. The van der Waals surface area contributed by atoms with Crippen molar-refractivity contribution in [2.45, 2.75) is 20.3 Å². The molecule has 16 heavy (non-hydrogen) atoms. The lowest BCUT2D eigenvalue weighted by Gasteiger charge is -1.94. The highest BCUT2D eigenvalue weighted by atomic mass is 32.1. The zero-order valence-corrected chi connectivity index (χ0v) is 10.0. The topological polar surface area (TPSA) is 43.4 Å². The van der Waals surface area contributed by atoms with E-state index in [0.717, 1.165) is 5.56 Å². The standard InChI is InChI=1S/C12H12O3S/c1-3-15-12(14)6-4-5-10-7-11(9(2)13)16-8-10/h7-8H,3,6H2,1-2H3. The maximum absolute atomic E-state index is 11.0. The number of ether oxygens (including phenoxy) is 1. The molecule has 0 atom stereocenters. The summed E-state index contributed by atoms with van der Waals surface area (Å²) >= 11 is 1.36. The van der Waals surface area contributed by atoms with Crippen molar-refractivity contribution in [3.63, 3.8) is 0 Å². The van der Waals surface area contributed by atoms with Gasteiger partial charge in [-0.3, -0.25) is 9.59 Å². The van der Waals surface area contributed by atoms with Gasteiger partial charge >= 0.3 is 5.97 Å². The van der Waals surface area contributed by atoms with Crippen molar-refractivity contribution < 1.29 is 14.3 Å². The van der Waals surface area contributed by atoms with Gasteiger partial charge in [0.15, 0.2) is 5.78 Å². The van der Waals surface area contributed by atoms with E-state index in [1.807, 2.05) is 0 Å². The van der Waals surface area contributed by atoms with E-state index in [4.69, 9.17) is 4.74 Å². The molecule has 0 unspecified atom stereocenters. The monoisotopic (exact) mass is 236 g/mol. The molecule has 1 heterocycles. The van der Waals surface area contributed by atoms with Gasteiger partial charge in [0.1, 0.15) is 6.42 Å². The zero-order valence-electron chi connectivity index (χ0n) is 9.20. The maximum Gasteiger partial charge on any atom is 0.317 e. The molecular weight excluding hydrogens is 224 g/mol. The highest BCUT2D eigenvalue weighted by molar-refractivity contribution is 7.12. The van der Waals surface area contributed by atoms with Crippen LogP contribution >= 0.6 is 11.3 Å². The van der Waals surface area contributed by atoms with Crippen LogP contribution in [0.5, 0.6) is 0 Å². The Kier molecular flexibility index (Phi) is 4.74. The average Bonchev–Trinajstić information content (AvgIpc) is 2.67. The second kappa shape index (κ2) is 6.09. The number of hydrogen-bond donors (Lipinski definition) is 0. The maximum atomic E-state index is 11.0. The number of Topliss-reactive ketones (excluding diaryl/α,β-unsaturated/α-hetero) is 1. The summed E-state index contributed by atoms with van der Waals surface area (Å²) in [6, 6.07) is 1.73. The number of hydrogen-bond acceptors (Lipinski definition) is 4. The first-order valence-electron chi connectivity index (χ1n) is 4.87. The van der Waals surface area contributed by atoms with E-state index in [1.54, 1.807) is 18.4 Å². The van der Waals surface area contributed by atoms with Crippen LogP contribution in [0.2, 0.25) is 0 Å². The normalized spacial score (nSPS) is 9.12. The molecule has 0 amide bonds. The lowest BCUT2D eigenvalue weighted by molar-refractivity contribution is -0.141. The molecule has 3 nitrogen and oxygen atoms in total. The quantitative estimate of drug-likeness (QED) is 0.459. The van der Waals surface area contributed by atoms with Gasteiger partial charge in [0.05, 0.1) is 11.5 Å². The minimum atomic E-state index is -0.322. The third-order valence-electron chi connectivity index (χ3n) is 1.72. The van der Waals surface area contributed by atoms with Crippen LogP contribution in [-0.4, -0.2) is 18.4 Å². The summed E-state index contributed by atoms with van der Waals surface area (Å²) in [5.74, 6) is 5.23. The number of thiophene rings is 1. The molecule has 0 aliphatic carbocycles. The van der Waals surface area contributed by atoms with Crippen molar-refractivity contribution >= 4 is 23.1 Å². The van der Waals surface area contributed by atoms with Gasteiger partial charge in [-0.15, -0.1) is 11.3 Å². The van der Waals surface area contributed by atoms with Crippen LogP contribution in [0.15, 0.2) is 11.4 Å². The van der Waals surface area contributed by atoms with Crippen molar-refractivity contribution in [3.05, 3.63) is 21.9 Å². The van der Waals surface area contributed by atoms with Crippen LogP contribution in [-0.2, 0) is 9.53 Å². The minimum Gasteiger partial charge on any atom is -0.465 e. The molecule has 0 aromatic carbocycles. The Labute approximate surface area is 98.4 Å². The van der Waals surface area contributed by atoms with Crippen molar-refractivity contribution in [1.82, 2.24) is 0 Å². The van der Waals surface area contributed by atoms with Gasteiger partial charge in [-0.1, -0.05) is 11.8 Å². The van der Waals surface area contributed by atoms with Gasteiger partial charge < -0.3 is 4.74 Å². The smallest absolute Gasteiger partial charge is 0.317 e. The molecule has 84 valence electrons. The summed E-state index contributed by atoms with van der Waals surface area (Å²) < 4.78 is 4.73. The van der Waals surface area contributed by atoms with E-state index in [0.29, 0.717) is 11.5 Å². The Morgan fingerprint density at radius 2 is 2.25 bits per heavy atom. The third-order valence-corrected chi connectivity index (χ3v) is 2.75. The lowest BCUT2D eigenvalue weighted by Crippen LogP contribution is -2.01. The highest BCUT2D eigenvalue weighted by Crippen LogP contribution is 2.14. The summed E-state index contributed by atoms with van der Waals surface area (Å²) in [7, 11) is 0. The first-order chi connectivity index (χ1) is 7.63. The second-order valence-corrected chi connectivity index (χ2v) is 3.95. The second-order valence-electron chi connectivity index (χ2n) is 3.04. The van der Waals surface area contributed by atoms with E-state index in [2.05, 4.69) is 11.8 Å². The SMILES string of the molecule is CCOC(=O)CC#Cc1csc(C(C)=O)c1. The van der Waals surface area contributed by atoms with E-state index in [9.17, 15) is 9.59 Å². The van der Waals surface area contributed by atoms with Crippen LogP contribution in [0.4, 0.5) is 0 Å². The predicted molar refractivity (Wildman–Crippen MR) is 62.5 cm³/mol. The minimum absolute atomic E-state index is 0.0310. The first kappa shape index (κ1) is 12.5. The summed E-state index contributed by atoms with van der Waals surface area (Å²) in [5.41, 5.74) is 0.763. The van der Waals surface area contributed by atoms with Crippen LogP contribution in [0, 0.1) is 11.8 Å². The van der Waals surface area contributed by atoms with Crippen LogP contribution in [0.25, 0.3) is 0 Å². The summed E-state index contributed by atoms with van der Waals surface area (Å²) in [5, 5.41) is 1.80. The number of ketones is 1. The number of rotatable bonds is 3. The van der Waals surface area contributed by atoms with Gasteiger partial charge in [-0.05, 0) is 19.9 Å². The molecule has 0 saturated heterocycles. The van der Waals surface area contributed by atoms with Crippen LogP contribution in [0.3, 0.4) is 0 Å². The summed E-state index contributed by atoms with van der Waals surface area (Å²) in [6.07, 6.45) is 0.0824. The van der Waals surface area contributed by atoms with E-state index in [1.165, 1.54) is 18.3 Å². The van der Waals surface area contributed by atoms with E-state index >= 15 is 0 Å². The van der Waals surface area contributed by atoms with Gasteiger partial charge in [0, 0.05) is 10.9 Å². The molecule has 0 bridgehead atoms. The van der Waals surface area contributed by atoms with Crippen molar-refractivity contribution in [2.24, 2.45) is 0 Å². The Morgan fingerprint density at radius 3 is 2.81 bits per heavy atom. The van der Waals surface area contributed by atoms with Gasteiger partial charge in [-0.25, -0.2) is 0 Å². The summed E-state index contributed by atoms with van der Waals surface area (Å²) in [4.78, 5) is 22.7. The van der Waals surface area contributed by atoms with Crippen molar-refractivity contribution in [1.29, 1.82) is 0 Å². The molecule has 4 heteroatoms. The first-order valence-corrected chi connectivity index (χ1v) is 5.75. The average molecular weight is 236 g/mol. The van der Waals surface area contributed by atoms with E-state index in [-0.39, 0.29) is 18.2 Å². The summed E-state index contributed by atoms with van der Waals surface area (Å²) in [6.45, 7) is 3.64. The molecule has 1 aromatic rings. The number of carbonyl (C=O) groups excluding carboxylic acids is 2. The third kappa shape index (κ3) is 3.87. The fourth-order valence-corrected chi connectivity index (χ4v) is 1.76. The van der Waals surface area contributed by atoms with E-state index < -0.39 is 0 Å². The largest absolute Gasteiger partial charge is 0.465 e. The Hall–Kier alpha value is -1.60. The van der Waals surface area contributed by atoms with Gasteiger partial charge in [0.25, 0.3) is 0 Å². The molecule has 1 rings (SSSR count). The Bertz CT molecular complexity index is 448. The zero-order chi connectivity index (χ0) is 12.0. The Balaban J connectivity index is 2.56. The molecule has 0 spiro atoms. The number of esters is 1. The fraction of sp³-hybridized carbons (Fsp3) is 0.333. The Morgan fingerprint density at radius 1 is 1.50 bits per heavy atom. The van der Waals surface area contributed by atoms with Crippen LogP contribution in [0.1, 0.15) is 35.5 Å². The van der Waals surface area contributed by atoms with Crippen molar-refractivity contribution in [2.75, 3.05) is 6.61 Å². The molecule has 0 fully saturated rings. The molecule has 0 aliphatic rings. The van der Waals surface area contributed by atoms with Gasteiger partial charge in [0.2, 0.25) is 0 Å².